The monoisotopic (exact) mass is 224 g/mol. The smallest absolute Gasteiger partial charge is 0.00780 e. The molecule has 0 amide bonds. The molecule has 2 rings (SSSR count). The maximum Gasteiger partial charge on any atom is 0.00780 e. The van der Waals surface area contributed by atoms with Gasteiger partial charge < -0.3 is 10.2 Å². The molecule has 2 saturated heterocycles. The van der Waals surface area contributed by atoms with Gasteiger partial charge in [-0.3, -0.25) is 0 Å². The van der Waals surface area contributed by atoms with E-state index in [1.165, 1.54) is 45.3 Å². The number of likely N-dealkylation sites (tertiary alicyclic amines) is 1. The largest absolute Gasteiger partial charge is 0.313 e. The van der Waals surface area contributed by atoms with E-state index in [0.717, 1.165) is 6.04 Å². The Labute approximate surface area is 101 Å². The van der Waals surface area contributed by atoms with Crippen LogP contribution >= 0.6 is 0 Å². The summed E-state index contributed by atoms with van der Waals surface area (Å²) in [6.45, 7) is 10.9. The lowest BCUT2D eigenvalue weighted by Gasteiger charge is -2.37. The van der Waals surface area contributed by atoms with Crippen molar-refractivity contribution in [1.82, 2.24) is 10.2 Å². The summed E-state index contributed by atoms with van der Waals surface area (Å²) in [5.74, 6) is 0. The number of piperidine rings is 1. The zero-order chi connectivity index (χ0) is 11.8. The van der Waals surface area contributed by atoms with E-state index in [1.807, 2.05) is 0 Å². The normalized spacial score (nSPS) is 31.1. The van der Waals surface area contributed by atoms with Gasteiger partial charge in [-0.05, 0) is 56.7 Å². The summed E-state index contributed by atoms with van der Waals surface area (Å²) in [5.41, 5.74) is 1.11. The Balaban J connectivity index is 1.87. The Morgan fingerprint density at radius 2 is 1.88 bits per heavy atom. The lowest BCUT2D eigenvalue weighted by Crippen LogP contribution is -2.39. The lowest BCUT2D eigenvalue weighted by atomic mass is 9.75. The Morgan fingerprint density at radius 3 is 2.44 bits per heavy atom. The van der Waals surface area contributed by atoms with Gasteiger partial charge in [0.2, 0.25) is 0 Å². The molecule has 0 aliphatic carbocycles. The van der Waals surface area contributed by atoms with Crippen molar-refractivity contribution in [3.05, 3.63) is 0 Å². The number of hydrogen-bond acceptors (Lipinski definition) is 2. The van der Waals surface area contributed by atoms with Gasteiger partial charge in [0.25, 0.3) is 0 Å². The topological polar surface area (TPSA) is 15.3 Å². The molecule has 2 heteroatoms. The first-order chi connectivity index (χ1) is 7.39. The van der Waals surface area contributed by atoms with Crippen molar-refractivity contribution in [1.29, 1.82) is 0 Å². The average Bonchev–Trinajstić information content (AvgIpc) is 2.52. The van der Waals surface area contributed by atoms with Gasteiger partial charge in [0, 0.05) is 12.6 Å². The fourth-order valence-electron chi connectivity index (χ4n) is 3.39. The number of hydrogen-bond donors (Lipinski definition) is 1. The van der Waals surface area contributed by atoms with Crippen LogP contribution < -0.4 is 5.32 Å². The third kappa shape index (κ3) is 2.98. The van der Waals surface area contributed by atoms with Crippen LogP contribution in [0.5, 0.6) is 0 Å². The van der Waals surface area contributed by atoms with E-state index in [1.54, 1.807) is 0 Å². The minimum Gasteiger partial charge on any atom is -0.313 e. The molecule has 2 heterocycles. The molecule has 0 aromatic rings. The van der Waals surface area contributed by atoms with Gasteiger partial charge in [-0.15, -0.1) is 0 Å². The van der Waals surface area contributed by atoms with Crippen LogP contribution in [0.15, 0.2) is 0 Å². The Kier molecular flexibility index (Phi) is 3.33. The fraction of sp³-hybridized carbons (Fsp3) is 1.00. The standard InChI is InChI=1S/C14H28N2/c1-13(2,3)9-12-10-14(11-15-12)5-7-16(4)8-6-14/h12,15H,5-11H2,1-4H3. The molecule has 94 valence electrons. The number of nitrogens with zero attached hydrogens (tertiary/aromatic N) is 1. The van der Waals surface area contributed by atoms with E-state index < -0.39 is 0 Å². The molecule has 2 aliphatic rings. The summed E-state index contributed by atoms with van der Waals surface area (Å²) in [6.07, 6.45) is 5.54. The highest BCUT2D eigenvalue weighted by molar-refractivity contribution is 4.97. The van der Waals surface area contributed by atoms with Crippen LogP contribution in [0.3, 0.4) is 0 Å². The van der Waals surface area contributed by atoms with Crippen LogP contribution in [-0.4, -0.2) is 37.6 Å². The van der Waals surface area contributed by atoms with Crippen molar-refractivity contribution in [3.8, 4) is 0 Å². The van der Waals surface area contributed by atoms with Crippen molar-refractivity contribution in [3.63, 3.8) is 0 Å². The quantitative estimate of drug-likeness (QED) is 0.736. The van der Waals surface area contributed by atoms with Crippen LogP contribution in [-0.2, 0) is 0 Å². The third-order valence-corrected chi connectivity index (χ3v) is 4.35. The van der Waals surface area contributed by atoms with E-state index >= 15 is 0 Å². The highest BCUT2D eigenvalue weighted by Crippen LogP contribution is 2.41. The van der Waals surface area contributed by atoms with E-state index in [2.05, 4.69) is 38.0 Å². The molecule has 0 aromatic carbocycles. The summed E-state index contributed by atoms with van der Waals surface area (Å²) < 4.78 is 0. The summed E-state index contributed by atoms with van der Waals surface area (Å²) in [7, 11) is 2.25. The minimum atomic E-state index is 0.467. The molecule has 0 bridgehead atoms. The summed E-state index contributed by atoms with van der Waals surface area (Å²) >= 11 is 0. The molecular weight excluding hydrogens is 196 g/mol. The molecule has 1 unspecified atom stereocenters. The first-order valence-corrected chi connectivity index (χ1v) is 6.81. The Bertz CT molecular complexity index is 234. The van der Waals surface area contributed by atoms with Gasteiger partial charge in [-0.25, -0.2) is 0 Å². The first kappa shape index (κ1) is 12.4. The van der Waals surface area contributed by atoms with Gasteiger partial charge in [-0.2, -0.15) is 0 Å². The molecule has 2 fully saturated rings. The highest BCUT2D eigenvalue weighted by Gasteiger charge is 2.41. The summed E-state index contributed by atoms with van der Waals surface area (Å²) in [4.78, 5) is 2.47. The maximum atomic E-state index is 3.77. The highest BCUT2D eigenvalue weighted by atomic mass is 15.1. The maximum absolute atomic E-state index is 3.77. The van der Waals surface area contributed by atoms with Crippen molar-refractivity contribution < 1.29 is 0 Å². The minimum absolute atomic E-state index is 0.467. The number of rotatable bonds is 1. The summed E-state index contributed by atoms with van der Waals surface area (Å²) in [5, 5.41) is 3.77. The fourth-order valence-corrected chi connectivity index (χ4v) is 3.39. The van der Waals surface area contributed by atoms with E-state index in [4.69, 9.17) is 0 Å². The van der Waals surface area contributed by atoms with Crippen molar-refractivity contribution in [2.45, 2.75) is 52.5 Å². The van der Waals surface area contributed by atoms with Crippen molar-refractivity contribution in [2.75, 3.05) is 26.7 Å². The van der Waals surface area contributed by atoms with Crippen LogP contribution in [0.2, 0.25) is 0 Å². The molecule has 0 radical (unpaired) electrons. The van der Waals surface area contributed by atoms with Crippen molar-refractivity contribution in [2.24, 2.45) is 10.8 Å². The van der Waals surface area contributed by atoms with Crippen LogP contribution in [0, 0.1) is 10.8 Å². The molecule has 16 heavy (non-hydrogen) atoms. The second kappa shape index (κ2) is 4.30. The SMILES string of the molecule is CN1CCC2(CC1)CNC(CC(C)(C)C)C2. The van der Waals surface area contributed by atoms with E-state index in [-0.39, 0.29) is 0 Å². The van der Waals surface area contributed by atoms with Gasteiger partial charge in [0.15, 0.2) is 0 Å². The van der Waals surface area contributed by atoms with Gasteiger partial charge in [0.1, 0.15) is 0 Å². The second-order valence-electron chi connectivity index (χ2n) is 7.35. The molecule has 0 saturated carbocycles. The van der Waals surface area contributed by atoms with Gasteiger partial charge in [-0.1, -0.05) is 20.8 Å². The second-order valence-corrected chi connectivity index (χ2v) is 7.35. The molecular formula is C14H28N2. The lowest BCUT2D eigenvalue weighted by molar-refractivity contribution is 0.135. The average molecular weight is 224 g/mol. The zero-order valence-electron chi connectivity index (χ0n) is 11.5. The van der Waals surface area contributed by atoms with E-state index in [9.17, 15) is 0 Å². The molecule has 0 aromatic heterocycles. The predicted octanol–water partition coefficient (Wildman–Crippen LogP) is 2.50. The third-order valence-electron chi connectivity index (χ3n) is 4.35. The number of nitrogens with one attached hydrogen (secondary N) is 1. The summed E-state index contributed by atoms with van der Waals surface area (Å²) in [6, 6.07) is 0.767. The molecule has 2 nitrogen and oxygen atoms in total. The van der Waals surface area contributed by atoms with Gasteiger partial charge in [0.05, 0.1) is 0 Å². The Hall–Kier alpha value is -0.0800. The molecule has 1 spiro atoms. The first-order valence-electron chi connectivity index (χ1n) is 6.81. The predicted molar refractivity (Wildman–Crippen MR) is 69.6 cm³/mol. The van der Waals surface area contributed by atoms with Crippen LogP contribution in [0.4, 0.5) is 0 Å². The molecule has 2 aliphatic heterocycles. The van der Waals surface area contributed by atoms with Crippen LogP contribution in [0.25, 0.3) is 0 Å². The molecule has 1 N–H and O–H groups in total. The zero-order valence-corrected chi connectivity index (χ0v) is 11.5. The van der Waals surface area contributed by atoms with Crippen molar-refractivity contribution >= 4 is 0 Å². The van der Waals surface area contributed by atoms with Gasteiger partial charge >= 0.3 is 0 Å². The Morgan fingerprint density at radius 1 is 1.25 bits per heavy atom. The van der Waals surface area contributed by atoms with Crippen LogP contribution in [0.1, 0.15) is 46.5 Å². The molecule has 1 atom stereocenters. The van der Waals surface area contributed by atoms with E-state index in [0.29, 0.717) is 10.8 Å².